The van der Waals surface area contributed by atoms with Gasteiger partial charge in [-0.2, -0.15) is 0 Å². The minimum atomic E-state index is -0.358. The number of nitrogens with one attached hydrogen (secondary N) is 2. The van der Waals surface area contributed by atoms with Gasteiger partial charge in [-0.1, -0.05) is 24.3 Å². The molecular weight excluding hydrogens is 401 g/mol. The Labute approximate surface area is 185 Å². The molecule has 1 aliphatic carbocycles. The zero-order chi connectivity index (χ0) is 21.7. The number of amides is 1. The third-order valence-corrected chi connectivity index (χ3v) is 6.60. The first kappa shape index (κ1) is 19.0. The maximum absolute atomic E-state index is 13.6. The molecule has 5 heteroatoms. The average molecular weight is 423 g/mol. The summed E-state index contributed by atoms with van der Waals surface area (Å²) in [7, 11) is 0. The number of rotatable bonds is 3. The van der Waals surface area contributed by atoms with E-state index in [0.29, 0.717) is 17.7 Å². The molecule has 2 aromatic carbocycles. The second kappa shape index (κ2) is 7.45. The van der Waals surface area contributed by atoms with E-state index in [1.54, 1.807) is 6.07 Å². The molecular formula is C27H22FN3O. The highest BCUT2D eigenvalue weighted by molar-refractivity contribution is 6.34. The highest BCUT2D eigenvalue weighted by Crippen LogP contribution is 2.36. The number of aromatic nitrogens is 2. The molecule has 1 aliphatic heterocycles. The van der Waals surface area contributed by atoms with Crippen LogP contribution in [-0.4, -0.2) is 15.9 Å². The largest absolute Gasteiger partial charge is 0.358 e. The summed E-state index contributed by atoms with van der Waals surface area (Å²) in [5, 5.41) is 5.12. The van der Waals surface area contributed by atoms with Crippen LogP contribution in [0.1, 0.15) is 46.6 Å². The van der Waals surface area contributed by atoms with Crippen LogP contribution in [-0.2, 0) is 24.1 Å². The lowest BCUT2D eigenvalue weighted by atomic mass is 9.91. The molecule has 0 fully saturated rings. The number of nitrogens with zero attached hydrogens (tertiary/aromatic N) is 1. The number of carbonyl (C=O) groups is 1. The molecule has 158 valence electrons. The third kappa shape index (κ3) is 3.12. The summed E-state index contributed by atoms with van der Waals surface area (Å²) in [6.45, 7) is 0. The van der Waals surface area contributed by atoms with E-state index < -0.39 is 0 Å². The zero-order valence-electron chi connectivity index (χ0n) is 17.5. The number of hydrogen-bond donors (Lipinski definition) is 2. The molecule has 4 aromatic rings. The van der Waals surface area contributed by atoms with Crippen molar-refractivity contribution in [2.45, 2.75) is 32.1 Å². The number of hydrogen-bond acceptors (Lipinski definition) is 2. The standard InChI is InChI=1S/C27H22FN3O/c28-17-9-10-20-22(27(32)31-25(20)13-17)15-26-21(19-7-3-4-8-23(19)30-26)14-24-18-6-2-1-5-16(18)11-12-29-24/h1-2,5-6,9-13,15,30H,3-4,7-8,14H2,(H,31,32). The summed E-state index contributed by atoms with van der Waals surface area (Å²) < 4.78 is 13.6. The molecule has 2 aromatic heterocycles. The minimum absolute atomic E-state index is 0.201. The minimum Gasteiger partial charge on any atom is -0.358 e. The van der Waals surface area contributed by atoms with Gasteiger partial charge in [0.1, 0.15) is 5.82 Å². The van der Waals surface area contributed by atoms with Crippen LogP contribution in [0, 0.1) is 5.82 Å². The lowest BCUT2D eigenvalue weighted by molar-refractivity contribution is -0.110. The van der Waals surface area contributed by atoms with Crippen molar-refractivity contribution >= 4 is 34.0 Å². The summed E-state index contributed by atoms with van der Waals surface area (Å²) in [6.07, 6.45) is 8.87. The normalized spacial score (nSPS) is 16.3. The van der Waals surface area contributed by atoms with Crippen LogP contribution < -0.4 is 5.32 Å². The SMILES string of the molecule is O=C1Nc2cc(F)ccc2C1=Cc1[nH]c2c(c1Cc1nccc3ccccc13)CCCC2. The fraction of sp³-hybridized carbons (Fsp3) is 0.185. The van der Waals surface area contributed by atoms with Crippen LogP contribution in [0.4, 0.5) is 10.1 Å². The summed E-state index contributed by atoms with van der Waals surface area (Å²) in [6, 6.07) is 14.8. The Morgan fingerprint density at radius 1 is 1.06 bits per heavy atom. The van der Waals surface area contributed by atoms with Gasteiger partial charge in [0.2, 0.25) is 0 Å². The lowest BCUT2D eigenvalue weighted by Crippen LogP contribution is -2.04. The molecule has 2 N–H and O–H groups in total. The molecule has 0 atom stereocenters. The van der Waals surface area contributed by atoms with Crippen molar-refractivity contribution in [1.82, 2.24) is 9.97 Å². The number of H-pyrrole nitrogens is 1. The smallest absolute Gasteiger partial charge is 0.256 e. The molecule has 4 nitrogen and oxygen atoms in total. The zero-order valence-corrected chi connectivity index (χ0v) is 17.5. The number of anilines is 1. The molecule has 1 amide bonds. The monoisotopic (exact) mass is 423 g/mol. The van der Waals surface area contributed by atoms with Crippen molar-refractivity contribution in [2.75, 3.05) is 5.32 Å². The molecule has 0 bridgehead atoms. The van der Waals surface area contributed by atoms with Gasteiger partial charge >= 0.3 is 0 Å². The Bertz CT molecular complexity index is 1410. The van der Waals surface area contributed by atoms with Gasteiger partial charge < -0.3 is 10.3 Å². The maximum Gasteiger partial charge on any atom is 0.256 e. The predicted molar refractivity (Wildman–Crippen MR) is 125 cm³/mol. The van der Waals surface area contributed by atoms with E-state index in [2.05, 4.69) is 22.4 Å². The van der Waals surface area contributed by atoms with Crippen LogP contribution in [0.25, 0.3) is 22.4 Å². The predicted octanol–water partition coefficient (Wildman–Crippen LogP) is 5.66. The third-order valence-electron chi connectivity index (χ3n) is 6.60. The summed E-state index contributed by atoms with van der Waals surface area (Å²) in [4.78, 5) is 21.0. The number of carbonyl (C=O) groups excluding carboxylic acids is 1. The first-order valence-electron chi connectivity index (χ1n) is 11.1. The lowest BCUT2D eigenvalue weighted by Gasteiger charge is -2.13. The summed E-state index contributed by atoms with van der Waals surface area (Å²) in [5.74, 6) is -0.559. The van der Waals surface area contributed by atoms with Crippen molar-refractivity contribution in [3.05, 3.63) is 94.3 Å². The Kier molecular flexibility index (Phi) is 4.42. The summed E-state index contributed by atoms with van der Waals surface area (Å²) >= 11 is 0. The first-order chi connectivity index (χ1) is 15.7. The highest BCUT2D eigenvalue weighted by atomic mass is 19.1. The van der Waals surface area contributed by atoms with E-state index in [9.17, 15) is 9.18 Å². The number of benzene rings is 2. The van der Waals surface area contributed by atoms with Gasteiger partial charge in [-0.3, -0.25) is 9.78 Å². The van der Waals surface area contributed by atoms with Crippen LogP contribution in [0.2, 0.25) is 0 Å². The fourth-order valence-corrected chi connectivity index (χ4v) is 5.05. The van der Waals surface area contributed by atoms with Gasteiger partial charge in [0.15, 0.2) is 0 Å². The quantitative estimate of drug-likeness (QED) is 0.418. The van der Waals surface area contributed by atoms with E-state index in [0.717, 1.165) is 41.6 Å². The Hall–Kier alpha value is -3.73. The van der Waals surface area contributed by atoms with Crippen LogP contribution in [0.5, 0.6) is 0 Å². The van der Waals surface area contributed by atoms with Crippen molar-refractivity contribution in [3.8, 4) is 0 Å². The molecule has 0 spiro atoms. The molecule has 0 saturated heterocycles. The van der Waals surface area contributed by atoms with E-state index in [1.807, 2.05) is 30.5 Å². The van der Waals surface area contributed by atoms with E-state index in [1.165, 1.54) is 40.8 Å². The van der Waals surface area contributed by atoms with Gasteiger partial charge in [0.25, 0.3) is 5.91 Å². The number of halogens is 1. The van der Waals surface area contributed by atoms with E-state index in [-0.39, 0.29) is 11.7 Å². The maximum atomic E-state index is 13.6. The fourth-order valence-electron chi connectivity index (χ4n) is 5.05. The molecule has 32 heavy (non-hydrogen) atoms. The number of fused-ring (bicyclic) bond motifs is 3. The van der Waals surface area contributed by atoms with Gasteiger partial charge in [0.05, 0.1) is 17.0 Å². The van der Waals surface area contributed by atoms with E-state index in [4.69, 9.17) is 4.98 Å². The van der Waals surface area contributed by atoms with Crippen molar-refractivity contribution < 1.29 is 9.18 Å². The second-order valence-electron chi connectivity index (χ2n) is 8.54. The van der Waals surface area contributed by atoms with Crippen LogP contribution in [0.15, 0.2) is 54.7 Å². The highest BCUT2D eigenvalue weighted by Gasteiger charge is 2.27. The molecule has 3 heterocycles. The second-order valence-corrected chi connectivity index (χ2v) is 8.54. The van der Waals surface area contributed by atoms with E-state index >= 15 is 0 Å². The van der Waals surface area contributed by atoms with Gasteiger partial charge in [-0.05, 0) is 72.5 Å². The van der Waals surface area contributed by atoms with Crippen molar-refractivity contribution in [1.29, 1.82) is 0 Å². The molecule has 0 radical (unpaired) electrons. The average Bonchev–Trinajstić information content (AvgIpc) is 3.30. The van der Waals surface area contributed by atoms with Crippen molar-refractivity contribution in [2.24, 2.45) is 0 Å². The molecule has 0 saturated carbocycles. The van der Waals surface area contributed by atoms with Crippen LogP contribution in [0.3, 0.4) is 0 Å². The molecule has 6 rings (SSSR count). The molecule has 2 aliphatic rings. The van der Waals surface area contributed by atoms with Crippen LogP contribution >= 0.6 is 0 Å². The van der Waals surface area contributed by atoms with Gasteiger partial charge in [-0.15, -0.1) is 0 Å². The number of aromatic amines is 1. The summed E-state index contributed by atoms with van der Waals surface area (Å²) in [5.41, 5.74) is 7.63. The number of pyridine rings is 1. The number of aryl methyl sites for hydroxylation is 1. The topological polar surface area (TPSA) is 57.8 Å². The Balaban J connectivity index is 1.49. The Morgan fingerprint density at radius 2 is 1.94 bits per heavy atom. The van der Waals surface area contributed by atoms with Gasteiger partial charge in [0, 0.05) is 35.0 Å². The Morgan fingerprint density at radius 3 is 2.88 bits per heavy atom. The van der Waals surface area contributed by atoms with Gasteiger partial charge in [-0.25, -0.2) is 4.39 Å². The first-order valence-corrected chi connectivity index (χ1v) is 11.1. The molecule has 0 unspecified atom stereocenters. The van der Waals surface area contributed by atoms with Crippen molar-refractivity contribution in [3.63, 3.8) is 0 Å².